The normalized spacial score (nSPS) is 22.3. The van der Waals surface area contributed by atoms with Gasteiger partial charge in [-0.2, -0.15) is 26.3 Å². The van der Waals surface area contributed by atoms with Crippen LogP contribution in [-0.2, 0) is 24.2 Å². The quantitative estimate of drug-likeness (QED) is 0.413. The number of hydrogen-bond donors (Lipinski definition) is 2. The number of rotatable bonds is 8. The Labute approximate surface area is 218 Å². The van der Waals surface area contributed by atoms with Crippen molar-refractivity contribution in [2.24, 2.45) is 17.3 Å². The Balaban J connectivity index is 0.000000426. The molecule has 2 aliphatic heterocycles. The SMILES string of the molecule is CCS(=O)(=O)CCN1CCC2(CC1)CN(C)CC2COCC1CC1.O=C(O)C(F)(F)F.O=C(O)C(F)(F)F. The minimum atomic E-state index is -5.08. The summed E-state index contributed by atoms with van der Waals surface area (Å²) in [6.45, 7) is 8.69. The number of nitrogens with zero attached hydrogens (tertiary/aromatic N) is 2. The Morgan fingerprint density at radius 1 is 0.974 bits per heavy atom. The summed E-state index contributed by atoms with van der Waals surface area (Å²) in [6.07, 6.45) is -5.10. The van der Waals surface area contributed by atoms with Crippen molar-refractivity contribution in [1.29, 1.82) is 0 Å². The number of aliphatic carboxylic acids is 2. The van der Waals surface area contributed by atoms with Gasteiger partial charge < -0.3 is 24.7 Å². The highest BCUT2D eigenvalue weighted by atomic mass is 32.2. The molecular formula is C22H36F6N2O7S. The van der Waals surface area contributed by atoms with Crippen LogP contribution >= 0.6 is 0 Å². The van der Waals surface area contributed by atoms with Crippen LogP contribution < -0.4 is 0 Å². The van der Waals surface area contributed by atoms with Gasteiger partial charge in [-0.25, -0.2) is 18.0 Å². The van der Waals surface area contributed by atoms with Crippen molar-refractivity contribution in [3.63, 3.8) is 0 Å². The van der Waals surface area contributed by atoms with Crippen molar-refractivity contribution in [3.8, 4) is 0 Å². The van der Waals surface area contributed by atoms with Gasteiger partial charge in [0.1, 0.15) is 0 Å². The van der Waals surface area contributed by atoms with Crippen LogP contribution in [0.25, 0.3) is 0 Å². The molecule has 1 saturated carbocycles. The topological polar surface area (TPSA) is 124 Å². The van der Waals surface area contributed by atoms with Gasteiger partial charge in [0, 0.05) is 37.9 Å². The first-order valence-corrected chi connectivity index (χ1v) is 13.9. The Morgan fingerprint density at radius 3 is 1.84 bits per heavy atom. The van der Waals surface area contributed by atoms with E-state index in [9.17, 15) is 34.8 Å². The van der Waals surface area contributed by atoms with Crippen LogP contribution in [0.1, 0.15) is 32.6 Å². The zero-order valence-electron chi connectivity index (χ0n) is 21.4. The van der Waals surface area contributed by atoms with Crippen LogP contribution in [0.3, 0.4) is 0 Å². The maximum absolute atomic E-state index is 11.7. The van der Waals surface area contributed by atoms with Crippen molar-refractivity contribution in [1.82, 2.24) is 9.80 Å². The Bertz CT molecular complexity index is 846. The second-order valence-electron chi connectivity index (χ2n) is 9.92. The van der Waals surface area contributed by atoms with E-state index in [1.807, 2.05) is 0 Å². The average Bonchev–Trinajstić information content (AvgIpc) is 3.57. The van der Waals surface area contributed by atoms with Crippen LogP contribution in [0.2, 0.25) is 0 Å². The molecule has 1 aliphatic carbocycles. The molecule has 3 rings (SSSR count). The number of hydrogen-bond acceptors (Lipinski definition) is 7. The molecule has 0 amide bonds. The molecule has 38 heavy (non-hydrogen) atoms. The maximum atomic E-state index is 11.7. The summed E-state index contributed by atoms with van der Waals surface area (Å²) < 4.78 is 92.9. The number of piperidine rings is 1. The van der Waals surface area contributed by atoms with Crippen molar-refractivity contribution < 1.29 is 59.3 Å². The molecule has 2 N–H and O–H groups in total. The van der Waals surface area contributed by atoms with Crippen LogP contribution in [0.15, 0.2) is 0 Å². The van der Waals surface area contributed by atoms with E-state index in [0.29, 0.717) is 23.6 Å². The standard InChI is InChI=1S/C18H34N2O3S.2C2HF3O2/c1-3-24(21,22)11-10-20-8-6-18(7-9-20)15-19(2)12-17(18)14-23-13-16-4-5-16;2*3-2(4,5)1(6)7/h16-17H,3-15H2,1-2H3;2*(H,6,7). The smallest absolute Gasteiger partial charge is 0.475 e. The molecule has 16 heteroatoms. The molecule has 2 saturated heterocycles. The van der Waals surface area contributed by atoms with E-state index in [4.69, 9.17) is 24.5 Å². The van der Waals surface area contributed by atoms with Gasteiger partial charge in [0.25, 0.3) is 0 Å². The second-order valence-corrected chi connectivity index (χ2v) is 12.4. The minimum Gasteiger partial charge on any atom is -0.475 e. The van der Waals surface area contributed by atoms with Gasteiger partial charge in [0.2, 0.25) is 0 Å². The summed E-state index contributed by atoms with van der Waals surface area (Å²) in [4.78, 5) is 22.6. The lowest BCUT2D eigenvalue weighted by Crippen LogP contribution is -2.46. The molecule has 1 atom stereocenters. The second kappa shape index (κ2) is 14.1. The van der Waals surface area contributed by atoms with E-state index in [2.05, 4.69) is 16.8 Å². The van der Waals surface area contributed by atoms with E-state index < -0.39 is 34.1 Å². The van der Waals surface area contributed by atoms with Crippen LogP contribution in [0.5, 0.6) is 0 Å². The number of halogens is 6. The summed E-state index contributed by atoms with van der Waals surface area (Å²) in [5, 5.41) is 14.2. The average molecular weight is 587 g/mol. The molecule has 3 fully saturated rings. The first-order chi connectivity index (χ1) is 17.3. The van der Waals surface area contributed by atoms with Gasteiger partial charge in [-0.05, 0) is 57.2 Å². The molecule has 224 valence electrons. The molecule has 1 spiro atoms. The fraction of sp³-hybridized carbons (Fsp3) is 0.909. The summed E-state index contributed by atoms with van der Waals surface area (Å²) in [7, 11) is -0.625. The lowest BCUT2D eigenvalue weighted by Gasteiger charge is -2.42. The van der Waals surface area contributed by atoms with Gasteiger partial charge in [-0.15, -0.1) is 0 Å². The number of ether oxygens (including phenoxy) is 1. The number of sulfone groups is 1. The zero-order valence-corrected chi connectivity index (χ0v) is 22.2. The first kappa shape index (κ1) is 34.4. The van der Waals surface area contributed by atoms with Gasteiger partial charge in [-0.3, -0.25) is 0 Å². The van der Waals surface area contributed by atoms with Crippen molar-refractivity contribution in [2.75, 3.05) is 64.5 Å². The Kier molecular flexibility index (Phi) is 12.8. The van der Waals surface area contributed by atoms with E-state index in [-0.39, 0.29) is 5.75 Å². The molecule has 3 aliphatic rings. The summed E-state index contributed by atoms with van der Waals surface area (Å²) in [6, 6.07) is 0. The maximum Gasteiger partial charge on any atom is 0.490 e. The minimum absolute atomic E-state index is 0.260. The first-order valence-electron chi connectivity index (χ1n) is 12.1. The largest absolute Gasteiger partial charge is 0.490 e. The number of carbonyl (C=O) groups is 2. The molecular weight excluding hydrogens is 550 g/mol. The molecule has 1 unspecified atom stereocenters. The highest BCUT2D eigenvalue weighted by Crippen LogP contribution is 2.44. The molecule has 2 heterocycles. The number of likely N-dealkylation sites (tertiary alicyclic amines) is 2. The van der Waals surface area contributed by atoms with Crippen molar-refractivity contribution in [2.45, 2.75) is 45.0 Å². The van der Waals surface area contributed by atoms with E-state index in [0.717, 1.165) is 38.8 Å². The summed E-state index contributed by atoms with van der Waals surface area (Å²) in [5.41, 5.74) is 0.387. The number of carboxylic acids is 2. The monoisotopic (exact) mass is 586 g/mol. The predicted molar refractivity (Wildman–Crippen MR) is 124 cm³/mol. The molecule has 0 aromatic carbocycles. The lowest BCUT2D eigenvalue weighted by atomic mass is 9.71. The summed E-state index contributed by atoms with van der Waals surface area (Å²) in [5.74, 6) is -3.47. The molecule has 0 bridgehead atoms. The fourth-order valence-corrected chi connectivity index (χ4v) is 5.22. The van der Waals surface area contributed by atoms with E-state index >= 15 is 0 Å². The zero-order chi connectivity index (χ0) is 29.4. The molecule has 0 aromatic heterocycles. The number of alkyl halides is 6. The summed E-state index contributed by atoms with van der Waals surface area (Å²) >= 11 is 0. The van der Waals surface area contributed by atoms with Crippen LogP contribution in [0, 0.1) is 17.3 Å². The van der Waals surface area contributed by atoms with Crippen molar-refractivity contribution in [3.05, 3.63) is 0 Å². The predicted octanol–water partition coefficient (Wildman–Crippen LogP) is 2.76. The number of carboxylic acid groups (broad SMARTS) is 2. The van der Waals surface area contributed by atoms with Gasteiger partial charge in [-0.1, -0.05) is 6.92 Å². The third-order valence-corrected chi connectivity index (χ3v) is 8.53. The molecule has 0 aromatic rings. The van der Waals surface area contributed by atoms with Crippen LogP contribution in [-0.4, -0.2) is 117 Å². The lowest BCUT2D eigenvalue weighted by molar-refractivity contribution is -0.193. The van der Waals surface area contributed by atoms with Gasteiger partial charge in [0.05, 0.1) is 12.4 Å². The van der Waals surface area contributed by atoms with E-state index in [1.165, 1.54) is 32.2 Å². The highest BCUT2D eigenvalue weighted by molar-refractivity contribution is 7.91. The van der Waals surface area contributed by atoms with Gasteiger partial charge in [0.15, 0.2) is 9.84 Å². The van der Waals surface area contributed by atoms with Crippen molar-refractivity contribution >= 4 is 21.8 Å². The Morgan fingerprint density at radius 2 is 1.45 bits per heavy atom. The van der Waals surface area contributed by atoms with Crippen LogP contribution in [0.4, 0.5) is 26.3 Å². The van der Waals surface area contributed by atoms with Gasteiger partial charge >= 0.3 is 24.3 Å². The third-order valence-electron chi connectivity index (χ3n) is 6.85. The molecule has 0 radical (unpaired) electrons. The third kappa shape index (κ3) is 12.5. The molecule has 9 nitrogen and oxygen atoms in total. The highest BCUT2D eigenvalue weighted by Gasteiger charge is 2.47. The van der Waals surface area contributed by atoms with E-state index in [1.54, 1.807) is 6.92 Å². The Hall–Kier alpha value is -1.65. The fourth-order valence-electron chi connectivity index (χ4n) is 4.39.